The molecule has 4 nitrogen and oxygen atoms in total. The van der Waals surface area contributed by atoms with Crippen molar-refractivity contribution in [3.63, 3.8) is 0 Å². The lowest BCUT2D eigenvalue weighted by Crippen LogP contribution is -2.19. The Morgan fingerprint density at radius 1 is 1.41 bits per heavy atom. The number of ether oxygens (including phenoxy) is 2. The summed E-state index contributed by atoms with van der Waals surface area (Å²) >= 11 is 5.99. The second-order valence-electron chi connectivity index (χ2n) is 3.37. The molecule has 1 rings (SSSR count). The Balaban J connectivity index is 3.17. The molecule has 0 fully saturated rings. The molecular weight excluding hydrogens is 242 g/mol. The van der Waals surface area contributed by atoms with Gasteiger partial charge in [0, 0.05) is 6.07 Å². The Bertz CT molecular complexity index is 407. The molecule has 0 atom stereocenters. The van der Waals surface area contributed by atoms with Gasteiger partial charge in [0.2, 0.25) is 0 Å². The molecule has 5 heteroatoms. The van der Waals surface area contributed by atoms with Crippen LogP contribution in [0.4, 0.5) is 0 Å². The SMILES string of the molecule is CCOc1cc(OC)c(Cl)cc1C(=O)CNC. The Hall–Kier alpha value is -1.26. The fourth-order valence-corrected chi connectivity index (χ4v) is 1.68. The molecule has 0 spiro atoms. The minimum absolute atomic E-state index is 0.0690. The summed E-state index contributed by atoms with van der Waals surface area (Å²) in [6, 6.07) is 3.21. The van der Waals surface area contributed by atoms with Crippen LogP contribution in [-0.4, -0.2) is 33.1 Å². The number of ketones is 1. The molecule has 1 aromatic carbocycles. The number of Topliss-reactive ketones (excluding diaryl/α,β-unsaturated/α-hetero) is 1. The van der Waals surface area contributed by atoms with Gasteiger partial charge < -0.3 is 14.8 Å². The second kappa shape index (κ2) is 6.47. The largest absolute Gasteiger partial charge is 0.495 e. The average Bonchev–Trinajstić information content (AvgIpc) is 2.31. The first-order chi connectivity index (χ1) is 8.13. The van der Waals surface area contributed by atoms with Crippen LogP contribution in [0, 0.1) is 0 Å². The van der Waals surface area contributed by atoms with Crippen LogP contribution in [0.3, 0.4) is 0 Å². The molecule has 1 N–H and O–H groups in total. The third-order valence-electron chi connectivity index (χ3n) is 2.19. The number of likely N-dealkylation sites (N-methyl/N-ethyl adjacent to an activating group) is 1. The molecular formula is C12H16ClNO3. The molecule has 0 radical (unpaired) electrons. The van der Waals surface area contributed by atoms with Crippen molar-refractivity contribution >= 4 is 17.4 Å². The molecule has 0 saturated heterocycles. The van der Waals surface area contributed by atoms with Crippen LogP contribution in [0.1, 0.15) is 17.3 Å². The van der Waals surface area contributed by atoms with Crippen molar-refractivity contribution in [1.29, 1.82) is 0 Å². The number of nitrogens with one attached hydrogen (secondary N) is 1. The van der Waals surface area contributed by atoms with Gasteiger partial charge in [-0.3, -0.25) is 4.79 Å². The minimum atomic E-state index is -0.0690. The summed E-state index contributed by atoms with van der Waals surface area (Å²) in [6.45, 7) is 2.57. The van der Waals surface area contributed by atoms with Crippen LogP contribution in [0.25, 0.3) is 0 Å². The van der Waals surface area contributed by atoms with E-state index in [1.807, 2.05) is 6.92 Å². The summed E-state index contributed by atoms with van der Waals surface area (Å²) in [4.78, 5) is 11.9. The van der Waals surface area contributed by atoms with Crippen LogP contribution in [-0.2, 0) is 0 Å². The Morgan fingerprint density at radius 2 is 2.12 bits per heavy atom. The number of carbonyl (C=O) groups excluding carboxylic acids is 1. The van der Waals surface area contributed by atoms with E-state index in [9.17, 15) is 4.79 Å². The monoisotopic (exact) mass is 257 g/mol. The van der Waals surface area contributed by atoms with E-state index in [2.05, 4.69) is 5.32 Å². The standard InChI is InChI=1S/C12H16ClNO3/c1-4-17-11-6-12(16-3)9(13)5-8(11)10(15)7-14-2/h5-6,14H,4,7H2,1-3H3. The third kappa shape index (κ3) is 3.35. The maximum atomic E-state index is 11.9. The van der Waals surface area contributed by atoms with Crippen LogP contribution in [0.5, 0.6) is 11.5 Å². The maximum absolute atomic E-state index is 11.9. The Kier molecular flexibility index (Phi) is 5.25. The zero-order valence-corrected chi connectivity index (χ0v) is 10.9. The highest BCUT2D eigenvalue weighted by molar-refractivity contribution is 6.32. The number of methoxy groups -OCH3 is 1. The molecule has 0 bridgehead atoms. The van der Waals surface area contributed by atoms with Gasteiger partial charge in [-0.15, -0.1) is 0 Å². The zero-order chi connectivity index (χ0) is 12.8. The topological polar surface area (TPSA) is 47.6 Å². The highest BCUT2D eigenvalue weighted by Gasteiger charge is 2.15. The van der Waals surface area contributed by atoms with Crippen LogP contribution >= 0.6 is 11.6 Å². The normalized spacial score (nSPS) is 10.1. The molecule has 0 aliphatic rings. The van der Waals surface area contributed by atoms with Gasteiger partial charge in [-0.25, -0.2) is 0 Å². The first-order valence-electron chi connectivity index (χ1n) is 5.32. The third-order valence-corrected chi connectivity index (χ3v) is 2.49. The summed E-state index contributed by atoms with van der Waals surface area (Å²) in [5.74, 6) is 0.922. The lowest BCUT2D eigenvalue weighted by Gasteiger charge is -2.12. The molecule has 0 aromatic heterocycles. The molecule has 0 aliphatic heterocycles. The van der Waals surface area contributed by atoms with Gasteiger partial charge in [-0.05, 0) is 20.0 Å². The van der Waals surface area contributed by atoms with E-state index < -0.39 is 0 Å². The van der Waals surface area contributed by atoms with Gasteiger partial charge in [-0.1, -0.05) is 11.6 Å². The predicted molar refractivity (Wildman–Crippen MR) is 67.4 cm³/mol. The van der Waals surface area contributed by atoms with Crippen molar-refractivity contribution in [3.05, 3.63) is 22.7 Å². The second-order valence-corrected chi connectivity index (χ2v) is 3.78. The highest BCUT2D eigenvalue weighted by atomic mass is 35.5. The fraction of sp³-hybridized carbons (Fsp3) is 0.417. The minimum Gasteiger partial charge on any atom is -0.495 e. The van der Waals surface area contributed by atoms with Gasteiger partial charge in [-0.2, -0.15) is 0 Å². The van der Waals surface area contributed by atoms with Crippen molar-refractivity contribution in [2.45, 2.75) is 6.92 Å². The predicted octanol–water partition coefficient (Wildman–Crippen LogP) is 2.15. The summed E-state index contributed by atoms with van der Waals surface area (Å²) in [5, 5.41) is 3.20. The number of halogens is 1. The van der Waals surface area contributed by atoms with E-state index in [0.29, 0.717) is 28.7 Å². The van der Waals surface area contributed by atoms with Gasteiger partial charge in [0.1, 0.15) is 11.5 Å². The molecule has 0 amide bonds. The van der Waals surface area contributed by atoms with E-state index >= 15 is 0 Å². The average molecular weight is 258 g/mol. The summed E-state index contributed by atoms with van der Waals surface area (Å²) in [6.07, 6.45) is 0. The summed E-state index contributed by atoms with van der Waals surface area (Å²) in [5.41, 5.74) is 0.465. The molecule has 17 heavy (non-hydrogen) atoms. The lowest BCUT2D eigenvalue weighted by molar-refractivity contribution is 0.0990. The van der Waals surface area contributed by atoms with Crippen molar-refractivity contribution in [1.82, 2.24) is 5.32 Å². The molecule has 0 heterocycles. The number of hydrogen-bond donors (Lipinski definition) is 1. The smallest absolute Gasteiger partial charge is 0.180 e. The first kappa shape index (κ1) is 13.8. The lowest BCUT2D eigenvalue weighted by atomic mass is 10.1. The fourth-order valence-electron chi connectivity index (χ4n) is 1.44. The van der Waals surface area contributed by atoms with Gasteiger partial charge in [0.15, 0.2) is 5.78 Å². The number of carbonyl (C=O) groups is 1. The molecule has 0 saturated carbocycles. The van der Waals surface area contributed by atoms with Crippen molar-refractivity contribution < 1.29 is 14.3 Å². The summed E-state index contributed by atoms with van der Waals surface area (Å²) in [7, 11) is 3.23. The molecule has 0 unspecified atom stereocenters. The van der Waals surface area contributed by atoms with E-state index in [-0.39, 0.29) is 12.3 Å². The first-order valence-corrected chi connectivity index (χ1v) is 5.70. The van der Waals surface area contributed by atoms with Crippen LogP contribution in [0.2, 0.25) is 5.02 Å². The highest BCUT2D eigenvalue weighted by Crippen LogP contribution is 2.32. The Labute approximate surface area is 106 Å². The Morgan fingerprint density at radius 3 is 2.65 bits per heavy atom. The van der Waals surface area contributed by atoms with Crippen LogP contribution in [0.15, 0.2) is 12.1 Å². The van der Waals surface area contributed by atoms with E-state index in [1.165, 1.54) is 7.11 Å². The maximum Gasteiger partial charge on any atom is 0.180 e. The van der Waals surface area contributed by atoms with Crippen molar-refractivity contribution in [3.8, 4) is 11.5 Å². The molecule has 0 aliphatic carbocycles. The quantitative estimate of drug-likeness (QED) is 0.794. The molecule has 1 aromatic rings. The number of hydrogen-bond acceptors (Lipinski definition) is 4. The van der Waals surface area contributed by atoms with Gasteiger partial charge in [0.05, 0.1) is 30.8 Å². The van der Waals surface area contributed by atoms with E-state index in [1.54, 1.807) is 19.2 Å². The molecule has 94 valence electrons. The van der Waals surface area contributed by atoms with E-state index in [4.69, 9.17) is 21.1 Å². The van der Waals surface area contributed by atoms with Crippen molar-refractivity contribution in [2.75, 3.05) is 27.3 Å². The van der Waals surface area contributed by atoms with Gasteiger partial charge in [0.25, 0.3) is 0 Å². The van der Waals surface area contributed by atoms with Crippen molar-refractivity contribution in [2.24, 2.45) is 0 Å². The number of benzene rings is 1. The summed E-state index contributed by atoms with van der Waals surface area (Å²) < 4.78 is 10.5. The zero-order valence-electron chi connectivity index (χ0n) is 10.2. The van der Waals surface area contributed by atoms with Crippen LogP contribution < -0.4 is 14.8 Å². The van der Waals surface area contributed by atoms with E-state index in [0.717, 1.165) is 0 Å². The number of rotatable bonds is 6. The van der Waals surface area contributed by atoms with Gasteiger partial charge >= 0.3 is 0 Å².